The number of benzene rings is 2. The van der Waals surface area contributed by atoms with Gasteiger partial charge < -0.3 is 9.72 Å². The van der Waals surface area contributed by atoms with Gasteiger partial charge in [-0.1, -0.05) is 11.6 Å². The Labute approximate surface area is 127 Å². The van der Waals surface area contributed by atoms with Crippen LogP contribution in [-0.2, 0) is 0 Å². The minimum absolute atomic E-state index is 0.107. The fourth-order valence-corrected chi connectivity index (χ4v) is 2.51. The summed E-state index contributed by atoms with van der Waals surface area (Å²) in [5.41, 5.74) is 2.83. The predicted octanol–water partition coefficient (Wildman–Crippen LogP) is 4.17. The molecule has 0 unspecified atom stereocenters. The first-order chi connectivity index (χ1) is 10.1. The number of carbonyl (C=O) groups excluding carboxylic acids is 1. The molecule has 21 heavy (non-hydrogen) atoms. The van der Waals surface area contributed by atoms with Crippen LogP contribution in [-0.4, -0.2) is 17.9 Å². The van der Waals surface area contributed by atoms with Gasteiger partial charge in [0.2, 0.25) is 0 Å². The molecule has 0 spiro atoms. The van der Waals surface area contributed by atoms with Crippen molar-refractivity contribution in [2.75, 3.05) is 7.11 Å². The van der Waals surface area contributed by atoms with E-state index in [1.807, 2.05) is 13.0 Å². The largest absolute Gasteiger partial charge is 0.496 e. The maximum absolute atomic E-state index is 12.8. The van der Waals surface area contributed by atoms with Crippen molar-refractivity contribution in [3.8, 4) is 5.75 Å². The summed E-state index contributed by atoms with van der Waals surface area (Å²) in [6.45, 7) is 1.91. The molecule has 3 nitrogen and oxygen atoms in total. The molecule has 3 aromatic rings. The third kappa shape index (κ3) is 2.41. The third-order valence-electron chi connectivity index (χ3n) is 3.36. The molecule has 0 aliphatic carbocycles. The van der Waals surface area contributed by atoms with Gasteiger partial charge in [0.05, 0.1) is 12.7 Å². The number of H-pyrrole nitrogens is 1. The number of hydrogen-bond acceptors (Lipinski definition) is 2. The molecule has 0 aliphatic heterocycles. The summed E-state index contributed by atoms with van der Waals surface area (Å²) in [5, 5.41) is 1.34. The van der Waals surface area contributed by atoms with Crippen molar-refractivity contribution in [3.05, 3.63) is 64.3 Å². The average molecular weight is 299 g/mol. The van der Waals surface area contributed by atoms with Crippen molar-refractivity contribution in [1.82, 2.24) is 4.98 Å². The van der Waals surface area contributed by atoms with Crippen LogP contribution >= 0.6 is 11.6 Å². The number of nitrogens with one attached hydrogen (secondary N) is 1. The van der Waals surface area contributed by atoms with Crippen LogP contribution in [0.1, 0.15) is 21.6 Å². The number of ketones is 1. The van der Waals surface area contributed by atoms with Gasteiger partial charge in [-0.15, -0.1) is 0 Å². The Hall–Kier alpha value is -2.26. The number of aromatic amines is 1. The van der Waals surface area contributed by atoms with E-state index in [1.165, 1.54) is 0 Å². The van der Waals surface area contributed by atoms with Crippen LogP contribution in [0, 0.1) is 13.0 Å². The molecular weight excluding hydrogens is 286 g/mol. The summed E-state index contributed by atoms with van der Waals surface area (Å²) in [4.78, 5) is 16.0. The van der Waals surface area contributed by atoms with Crippen LogP contribution in [0.5, 0.6) is 5.75 Å². The van der Waals surface area contributed by atoms with Crippen LogP contribution < -0.4 is 4.74 Å². The number of hydrogen-bond donors (Lipinski definition) is 1. The molecule has 1 radical (unpaired) electrons. The van der Waals surface area contributed by atoms with E-state index in [0.29, 0.717) is 21.9 Å². The minimum atomic E-state index is -0.107. The van der Waals surface area contributed by atoms with Crippen LogP contribution in [0.25, 0.3) is 10.9 Å². The van der Waals surface area contributed by atoms with Gasteiger partial charge >= 0.3 is 0 Å². The van der Waals surface area contributed by atoms with E-state index < -0.39 is 0 Å². The second-order valence-corrected chi connectivity index (χ2v) is 5.21. The number of fused-ring (bicyclic) bond motifs is 1. The van der Waals surface area contributed by atoms with Crippen LogP contribution in [0.3, 0.4) is 0 Å². The van der Waals surface area contributed by atoms with Gasteiger partial charge in [-0.3, -0.25) is 4.79 Å². The summed E-state index contributed by atoms with van der Waals surface area (Å²) in [6.07, 6.45) is 0. The topological polar surface area (TPSA) is 42.1 Å². The van der Waals surface area contributed by atoms with Crippen molar-refractivity contribution >= 4 is 28.3 Å². The molecule has 1 heterocycles. The molecule has 2 aromatic carbocycles. The molecule has 0 amide bonds. The highest BCUT2D eigenvalue weighted by atomic mass is 35.5. The van der Waals surface area contributed by atoms with Crippen LogP contribution in [0.4, 0.5) is 0 Å². The Morgan fingerprint density at radius 2 is 1.90 bits per heavy atom. The number of methoxy groups -OCH3 is 1. The number of rotatable bonds is 3. The summed E-state index contributed by atoms with van der Waals surface area (Å²) in [5.74, 6) is 0.432. The number of halogens is 1. The maximum atomic E-state index is 12.8. The second-order valence-electron chi connectivity index (χ2n) is 4.78. The third-order valence-corrected chi connectivity index (χ3v) is 3.61. The summed E-state index contributed by atoms with van der Waals surface area (Å²) >= 11 is 5.87. The highest BCUT2D eigenvalue weighted by Crippen LogP contribution is 2.30. The minimum Gasteiger partial charge on any atom is -0.496 e. The second kappa shape index (κ2) is 5.26. The van der Waals surface area contributed by atoms with E-state index in [9.17, 15) is 4.79 Å². The lowest BCUT2D eigenvalue weighted by Gasteiger charge is -2.09. The molecule has 1 aromatic heterocycles. The Morgan fingerprint density at radius 1 is 1.19 bits per heavy atom. The quantitative estimate of drug-likeness (QED) is 0.737. The summed E-state index contributed by atoms with van der Waals surface area (Å²) in [7, 11) is 1.55. The number of aryl methyl sites for hydroxylation is 1. The monoisotopic (exact) mass is 298 g/mol. The van der Waals surface area contributed by atoms with Gasteiger partial charge in [-0.05, 0) is 43.3 Å². The normalized spacial score (nSPS) is 10.8. The fourth-order valence-electron chi connectivity index (χ4n) is 2.38. The lowest BCUT2D eigenvalue weighted by molar-refractivity contribution is 0.103. The van der Waals surface area contributed by atoms with E-state index in [0.717, 1.165) is 16.6 Å². The lowest BCUT2D eigenvalue weighted by atomic mass is 9.99. The Bertz CT molecular complexity index is 819. The first-order valence-electron chi connectivity index (χ1n) is 6.49. The van der Waals surface area contributed by atoms with Gasteiger partial charge in [0.1, 0.15) is 5.75 Å². The van der Waals surface area contributed by atoms with Crippen molar-refractivity contribution in [2.45, 2.75) is 6.92 Å². The van der Waals surface area contributed by atoms with E-state index in [-0.39, 0.29) is 5.78 Å². The first-order valence-corrected chi connectivity index (χ1v) is 6.87. The van der Waals surface area contributed by atoms with Crippen molar-refractivity contribution in [2.24, 2.45) is 0 Å². The van der Waals surface area contributed by atoms with Gasteiger partial charge in [0, 0.05) is 33.2 Å². The number of carbonyl (C=O) groups is 1. The van der Waals surface area contributed by atoms with Crippen molar-refractivity contribution in [3.63, 3.8) is 0 Å². The van der Waals surface area contributed by atoms with Crippen molar-refractivity contribution < 1.29 is 9.53 Å². The van der Waals surface area contributed by atoms with E-state index in [1.54, 1.807) is 37.4 Å². The maximum Gasteiger partial charge on any atom is 0.197 e. The molecular formula is C17H13ClNO2. The summed E-state index contributed by atoms with van der Waals surface area (Å²) < 4.78 is 5.35. The zero-order valence-corrected chi connectivity index (χ0v) is 12.4. The Balaban J connectivity index is 2.22. The fraction of sp³-hybridized carbons (Fsp3) is 0.118. The van der Waals surface area contributed by atoms with Crippen LogP contribution in [0.2, 0.25) is 5.02 Å². The molecule has 0 fully saturated rings. The first kappa shape index (κ1) is 13.7. The molecule has 0 atom stereocenters. The van der Waals surface area contributed by atoms with Crippen molar-refractivity contribution in [1.29, 1.82) is 0 Å². The standard InChI is InChI=1S/C17H13ClNO2/c1-10-9-13-14(19-10)7-8-15(21-2)16(13)17(20)11-3-5-12(18)6-4-11/h3-8,19H,1-2H3. The molecule has 4 heteroatoms. The van der Waals surface area contributed by atoms with E-state index in [2.05, 4.69) is 11.1 Å². The molecule has 0 saturated heterocycles. The average Bonchev–Trinajstić information content (AvgIpc) is 2.86. The SMILES string of the molecule is COc1ccc2[nH]c(C)[c]c2c1C(=O)c1ccc(Cl)cc1. The Morgan fingerprint density at radius 3 is 2.57 bits per heavy atom. The highest BCUT2D eigenvalue weighted by molar-refractivity contribution is 6.30. The number of aromatic nitrogens is 1. The Kier molecular flexibility index (Phi) is 3.43. The molecule has 1 N–H and O–H groups in total. The van der Waals surface area contributed by atoms with Gasteiger partial charge in [0.25, 0.3) is 0 Å². The number of ether oxygens (including phenoxy) is 1. The molecule has 0 saturated carbocycles. The van der Waals surface area contributed by atoms with Gasteiger partial charge in [-0.2, -0.15) is 0 Å². The van der Waals surface area contributed by atoms with E-state index >= 15 is 0 Å². The summed E-state index contributed by atoms with van der Waals surface area (Å²) in [6, 6.07) is 13.7. The van der Waals surface area contributed by atoms with Gasteiger partial charge in [0.15, 0.2) is 5.78 Å². The predicted molar refractivity (Wildman–Crippen MR) is 83.3 cm³/mol. The molecule has 3 rings (SSSR count). The molecule has 0 aliphatic rings. The van der Waals surface area contributed by atoms with Crippen LogP contribution in [0.15, 0.2) is 36.4 Å². The van der Waals surface area contributed by atoms with E-state index in [4.69, 9.17) is 16.3 Å². The lowest BCUT2D eigenvalue weighted by Crippen LogP contribution is -2.04. The molecule has 105 valence electrons. The highest BCUT2D eigenvalue weighted by Gasteiger charge is 2.19. The van der Waals surface area contributed by atoms with Gasteiger partial charge in [-0.25, -0.2) is 0 Å². The zero-order chi connectivity index (χ0) is 15.0. The molecule has 0 bridgehead atoms. The zero-order valence-electron chi connectivity index (χ0n) is 11.7. The smallest absolute Gasteiger partial charge is 0.197 e.